The highest BCUT2D eigenvalue weighted by Crippen LogP contribution is 2.39. The third-order valence-corrected chi connectivity index (χ3v) is 14.0. The van der Waals surface area contributed by atoms with Gasteiger partial charge in [0.05, 0.1) is 6.61 Å². The van der Waals surface area contributed by atoms with Crippen molar-refractivity contribution in [3.8, 4) is 0 Å². The predicted octanol–water partition coefficient (Wildman–Crippen LogP) is 3.98. The van der Waals surface area contributed by atoms with E-state index in [1.165, 1.54) is 17.8 Å². The summed E-state index contributed by atoms with van der Waals surface area (Å²) in [5.74, 6) is 0. The minimum atomic E-state index is -1.25. The van der Waals surface area contributed by atoms with Crippen molar-refractivity contribution in [2.24, 2.45) is 0 Å². The Balaban J connectivity index is 2.93. The van der Waals surface area contributed by atoms with Crippen LogP contribution in [0.25, 0.3) is 0 Å². The summed E-state index contributed by atoms with van der Waals surface area (Å²) in [4.78, 5) is 0. The van der Waals surface area contributed by atoms with Crippen molar-refractivity contribution in [2.75, 3.05) is 6.61 Å². The second-order valence-electron chi connectivity index (χ2n) is 6.00. The fraction of sp³-hybridized carbons (Fsp3) is 0.750. The van der Waals surface area contributed by atoms with Gasteiger partial charge >= 0.3 is 0 Å². The predicted molar refractivity (Wildman–Crippen MR) is 84.4 cm³/mol. The molecule has 0 aromatic heterocycles. The van der Waals surface area contributed by atoms with E-state index in [1.54, 1.807) is 0 Å². The molecule has 1 saturated heterocycles. The van der Waals surface area contributed by atoms with Crippen LogP contribution >= 0.6 is 12.2 Å². The number of allylic oxidation sites excluding steroid dienone is 1. The van der Waals surface area contributed by atoms with Crippen LogP contribution in [0.3, 0.4) is 0 Å². The summed E-state index contributed by atoms with van der Waals surface area (Å²) in [7, 11) is -2.49. The van der Waals surface area contributed by atoms with Crippen molar-refractivity contribution in [2.45, 2.75) is 52.1 Å². The molecule has 0 radical (unpaired) electrons. The summed E-state index contributed by atoms with van der Waals surface area (Å²) in [6.45, 7) is 14.7. The van der Waals surface area contributed by atoms with Crippen LogP contribution in [-0.2, 0) is 4.74 Å². The zero-order valence-electron chi connectivity index (χ0n) is 12.0. The average Bonchev–Trinajstić information content (AvgIpc) is 2.35. The summed E-state index contributed by atoms with van der Waals surface area (Å²) >= 11 is 5.22. The smallest absolute Gasteiger partial charge is 0.185 e. The van der Waals surface area contributed by atoms with Gasteiger partial charge in [-0.1, -0.05) is 26.2 Å². The number of hydrogen-bond donors (Lipinski definition) is 0. The maximum atomic E-state index is 5.37. The van der Waals surface area contributed by atoms with Gasteiger partial charge in [-0.15, -0.1) is 0 Å². The Kier molecular flexibility index (Phi) is 4.60. The van der Waals surface area contributed by atoms with Crippen LogP contribution in [0.5, 0.6) is 0 Å². The quantitative estimate of drug-likeness (QED) is 0.442. The molecule has 0 aromatic carbocycles. The molecule has 2 nitrogen and oxygen atoms in total. The first-order valence-corrected chi connectivity index (χ1v) is 13.1. The van der Waals surface area contributed by atoms with E-state index in [1.807, 2.05) is 13.0 Å². The van der Waals surface area contributed by atoms with Gasteiger partial charge in [0, 0.05) is 6.08 Å². The number of ether oxygens (including phenoxy) is 1. The van der Waals surface area contributed by atoms with Gasteiger partial charge in [-0.25, -0.2) is 0 Å². The molecule has 0 saturated carbocycles. The van der Waals surface area contributed by atoms with Crippen LogP contribution in [-0.4, -0.2) is 32.4 Å². The normalized spacial score (nSPS) is 22.7. The van der Waals surface area contributed by atoms with Crippen molar-refractivity contribution in [3.05, 3.63) is 11.8 Å². The molecule has 0 aliphatic carbocycles. The Morgan fingerprint density at radius 3 is 2.12 bits per heavy atom. The van der Waals surface area contributed by atoms with E-state index in [-0.39, 0.29) is 0 Å². The Hall–Kier alpha value is -0.136. The summed E-state index contributed by atoms with van der Waals surface area (Å²) < 4.78 is 8.12. The van der Waals surface area contributed by atoms with Gasteiger partial charge in [0.1, 0.15) is 16.5 Å². The Bertz CT molecular complexity index is 323. The first-order valence-electron chi connectivity index (χ1n) is 6.36. The van der Waals surface area contributed by atoms with Crippen LogP contribution in [0.1, 0.15) is 13.8 Å². The van der Waals surface area contributed by atoms with Crippen molar-refractivity contribution in [1.82, 2.24) is 4.23 Å². The maximum Gasteiger partial charge on any atom is 0.185 e. The highest BCUT2D eigenvalue weighted by Gasteiger charge is 2.47. The minimum absolute atomic E-state index is 0.631. The van der Waals surface area contributed by atoms with E-state index in [0.29, 0.717) is 11.7 Å². The van der Waals surface area contributed by atoms with E-state index >= 15 is 0 Å². The van der Waals surface area contributed by atoms with Gasteiger partial charge in [0.15, 0.2) is 5.05 Å². The van der Waals surface area contributed by atoms with E-state index < -0.39 is 16.5 Å². The van der Waals surface area contributed by atoms with Gasteiger partial charge in [0.2, 0.25) is 0 Å². The Morgan fingerprint density at radius 1 is 1.24 bits per heavy atom. The van der Waals surface area contributed by atoms with Gasteiger partial charge in [0.25, 0.3) is 0 Å². The number of rotatable bonds is 3. The molecule has 0 atom stereocenters. The van der Waals surface area contributed by atoms with Crippen molar-refractivity contribution in [1.29, 1.82) is 0 Å². The molecule has 0 spiro atoms. The van der Waals surface area contributed by atoms with Gasteiger partial charge in [-0.3, -0.25) is 0 Å². The number of hydrogen-bond acceptors (Lipinski definition) is 3. The lowest BCUT2D eigenvalue weighted by molar-refractivity contribution is 0.339. The second-order valence-corrected chi connectivity index (χ2v) is 16.0. The van der Waals surface area contributed by atoms with E-state index in [4.69, 9.17) is 17.0 Å². The lowest BCUT2D eigenvalue weighted by Gasteiger charge is -2.42. The Morgan fingerprint density at radius 2 is 1.71 bits per heavy atom. The number of nitrogens with zero attached hydrogens (tertiary/aromatic N) is 1. The molecule has 0 bridgehead atoms. The molecular weight excluding hydrogens is 262 g/mol. The van der Waals surface area contributed by atoms with Crippen LogP contribution in [0.15, 0.2) is 11.8 Å². The molecule has 98 valence electrons. The van der Waals surface area contributed by atoms with Crippen LogP contribution in [0.4, 0.5) is 0 Å². The molecule has 0 unspecified atom stereocenters. The summed E-state index contributed by atoms with van der Waals surface area (Å²) in [5, 5.41) is 0.631. The molecule has 1 heterocycles. The zero-order chi connectivity index (χ0) is 13.3. The first-order chi connectivity index (χ1) is 7.70. The third-order valence-electron chi connectivity index (χ3n) is 3.53. The van der Waals surface area contributed by atoms with Crippen LogP contribution in [0, 0.1) is 0 Å². The monoisotopic (exact) mass is 287 g/mol. The summed E-state index contributed by atoms with van der Waals surface area (Å²) in [6, 6.07) is 2.83. The SMILES string of the molecule is CCOC(=S)/C=C(/C)N1[Si](C)(C)CC[Si]1(C)C. The lowest BCUT2D eigenvalue weighted by atomic mass is 10.5. The number of thiocarbonyl (C=S) groups is 1. The molecule has 1 aliphatic rings. The minimum Gasteiger partial charge on any atom is -0.484 e. The molecular formula is C12H25NOSSi2. The highest BCUT2D eigenvalue weighted by atomic mass is 32.1. The standard InChI is InChI=1S/C12H25NOSSi2/c1-7-14-12(15)10-11(2)13-16(3,4)8-9-17(13,5)6/h10H,7-9H2,1-6H3/b11-10-. The average molecular weight is 288 g/mol. The summed E-state index contributed by atoms with van der Waals surface area (Å²) in [5.41, 5.74) is 1.33. The van der Waals surface area contributed by atoms with Crippen LogP contribution < -0.4 is 0 Å². The Labute approximate surface area is 113 Å². The molecule has 1 fully saturated rings. The van der Waals surface area contributed by atoms with E-state index in [9.17, 15) is 0 Å². The third kappa shape index (κ3) is 3.42. The molecule has 0 N–H and O–H groups in total. The highest BCUT2D eigenvalue weighted by molar-refractivity contribution is 7.80. The second kappa shape index (κ2) is 5.24. The van der Waals surface area contributed by atoms with Crippen molar-refractivity contribution >= 4 is 33.7 Å². The first kappa shape index (κ1) is 14.9. The van der Waals surface area contributed by atoms with Crippen molar-refractivity contribution < 1.29 is 4.74 Å². The fourth-order valence-electron chi connectivity index (χ4n) is 3.03. The zero-order valence-corrected chi connectivity index (χ0v) is 14.8. The summed E-state index contributed by atoms with van der Waals surface area (Å²) in [6.07, 6.45) is 2.05. The van der Waals surface area contributed by atoms with Crippen molar-refractivity contribution in [3.63, 3.8) is 0 Å². The van der Waals surface area contributed by atoms with Gasteiger partial charge in [-0.05, 0) is 43.9 Å². The molecule has 1 rings (SSSR count). The largest absolute Gasteiger partial charge is 0.484 e. The van der Waals surface area contributed by atoms with Gasteiger partial charge < -0.3 is 8.97 Å². The molecule has 17 heavy (non-hydrogen) atoms. The molecule has 1 aliphatic heterocycles. The van der Waals surface area contributed by atoms with Gasteiger partial charge in [-0.2, -0.15) is 0 Å². The molecule has 5 heteroatoms. The molecule has 0 amide bonds. The fourth-order valence-corrected chi connectivity index (χ4v) is 17.9. The van der Waals surface area contributed by atoms with Crippen LogP contribution in [0.2, 0.25) is 38.3 Å². The molecule has 0 aromatic rings. The van der Waals surface area contributed by atoms with E-state index in [0.717, 1.165) is 0 Å². The maximum absolute atomic E-state index is 5.37. The van der Waals surface area contributed by atoms with E-state index in [2.05, 4.69) is 37.3 Å². The topological polar surface area (TPSA) is 12.5 Å². The lowest BCUT2D eigenvalue weighted by Crippen LogP contribution is -2.53.